The van der Waals surface area contributed by atoms with Crippen LogP contribution in [0.3, 0.4) is 0 Å². The van der Waals surface area contributed by atoms with Crippen molar-refractivity contribution in [1.82, 2.24) is 15.6 Å². The van der Waals surface area contributed by atoms with Gasteiger partial charge in [0.25, 0.3) is 0 Å². The minimum absolute atomic E-state index is 0.123. The van der Waals surface area contributed by atoms with Gasteiger partial charge in [-0.2, -0.15) is 0 Å². The van der Waals surface area contributed by atoms with Crippen molar-refractivity contribution in [2.75, 3.05) is 13.2 Å². The van der Waals surface area contributed by atoms with Gasteiger partial charge in [0.2, 0.25) is 0 Å². The van der Waals surface area contributed by atoms with Crippen molar-refractivity contribution >= 4 is 23.3 Å². The SMILES string of the molecule is CCOC(=O)CNC(=O)NCc1cncs1. The molecule has 0 aliphatic rings. The second-order valence-electron chi connectivity index (χ2n) is 2.81. The molecule has 16 heavy (non-hydrogen) atoms. The Morgan fingerprint density at radius 1 is 1.50 bits per heavy atom. The van der Waals surface area contributed by atoms with Crippen LogP contribution in [-0.4, -0.2) is 30.1 Å². The summed E-state index contributed by atoms with van der Waals surface area (Å²) in [5, 5.41) is 4.98. The van der Waals surface area contributed by atoms with Crippen molar-refractivity contribution < 1.29 is 14.3 Å². The third kappa shape index (κ3) is 4.74. The van der Waals surface area contributed by atoms with Crippen molar-refractivity contribution in [3.05, 3.63) is 16.6 Å². The maximum absolute atomic E-state index is 11.2. The molecule has 0 aliphatic heterocycles. The van der Waals surface area contributed by atoms with Crippen LogP contribution in [0.2, 0.25) is 0 Å². The van der Waals surface area contributed by atoms with Crippen LogP contribution in [0.15, 0.2) is 11.7 Å². The lowest BCUT2D eigenvalue weighted by Gasteiger charge is -2.05. The van der Waals surface area contributed by atoms with E-state index >= 15 is 0 Å². The normalized spacial score (nSPS) is 9.56. The summed E-state index contributed by atoms with van der Waals surface area (Å²) in [5.41, 5.74) is 1.69. The van der Waals surface area contributed by atoms with E-state index in [-0.39, 0.29) is 6.54 Å². The number of rotatable bonds is 5. The van der Waals surface area contributed by atoms with Crippen LogP contribution < -0.4 is 10.6 Å². The molecule has 1 rings (SSSR count). The number of urea groups is 1. The fourth-order valence-corrected chi connectivity index (χ4v) is 1.46. The maximum Gasteiger partial charge on any atom is 0.325 e. The molecule has 0 aliphatic carbocycles. The minimum atomic E-state index is -0.449. The number of ether oxygens (including phenoxy) is 1. The van der Waals surface area contributed by atoms with Gasteiger partial charge in [0.15, 0.2) is 0 Å². The standard InChI is InChI=1S/C9H13N3O3S/c1-2-15-8(13)5-12-9(14)11-4-7-3-10-6-16-7/h3,6H,2,4-5H2,1H3,(H2,11,12,14). The zero-order valence-electron chi connectivity index (χ0n) is 8.86. The van der Waals surface area contributed by atoms with Crippen LogP contribution in [0.1, 0.15) is 11.8 Å². The highest BCUT2D eigenvalue weighted by atomic mass is 32.1. The van der Waals surface area contributed by atoms with Gasteiger partial charge in [0.1, 0.15) is 6.54 Å². The van der Waals surface area contributed by atoms with Gasteiger partial charge in [-0.05, 0) is 6.92 Å². The molecule has 0 unspecified atom stereocenters. The molecule has 0 atom stereocenters. The molecule has 88 valence electrons. The molecule has 7 heteroatoms. The predicted molar refractivity (Wildman–Crippen MR) is 59.0 cm³/mol. The fourth-order valence-electron chi connectivity index (χ4n) is 0.924. The largest absolute Gasteiger partial charge is 0.465 e. The highest BCUT2D eigenvalue weighted by molar-refractivity contribution is 7.09. The van der Waals surface area contributed by atoms with E-state index in [1.54, 1.807) is 18.6 Å². The number of nitrogens with one attached hydrogen (secondary N) is 2. The number of carbonyl (C=O) groups excluding carboxylic acids is 2. The summed E-state index contributed by atoms with van der Waals surface area (Å²) in [7, 11) is 0. The molecule has 0 saturated heterocycles. The summed E-state index contributed by atoms with van der Waals surface area (Å²) in [4.78, 5) is 26.9. The van der Waals surface area contributed by atoms with Crippen LogP contribution in [0.25, 0.3) is 0 Å². The highest BCUT2D eigenvalue weighted by Crippen LogP contribution is 2.03. The molecule has 0 spiro atoms. The zero-order chi connectivity index (χ0) is 11.8. The number of hydrogen-bond donors (Lipinski definition) is 2. The second kappa shape index (κ2) is 6.78. The predicted octanol–water partition coefficient (Wildman–Crippen LogP) is 0.505. The Bertz CT molecular complexity index is 340. The lowest BCUT2D eigenvalue weighted by molar-refractivity contribution is -0.141. The summed E-state index contributed by atoms with van der Waals surface area (Å²) in [6.45, 7) is 2.30. The summed E-state index contributed by atoms with van der Waals surface area (Å²) < 4.78 is 4.65. The summed E-state index contributed by atoms with van der Waals surface area (Å²) in [5.74, 6) is -0.449. The molecular formula is C9H13N3O3S. The van der Waals surface area contributed by atoms with E-state index in [1.807, 2.05) is 0 Å². The number of nitrogens with zero attached hydrogens (tertiary/aromatic N) is 1. The molecule has 0 saturated carbocycles. The van der Waals surface area contributed by atoms with Gasteiger partial charge in [-0.15, -0.1) is 11.3 Å². The number of thiazole rings is 1. The fraction of sp³-hybridized carbons (Fsp3) is 0.444. The van der Waals surface area contributed by atoms with E-state index in [0.717, 1.165) is 4.88 Å². The molecule has 0 bridgehead atoms. The monoisotopic (exact) mass is 243 g/mol. The molecule has 0 aromatic carbocycles. The van der Waals surface area contributed by atoms with Gasteiger partial charge in [0.05, 0.1) is 18.7 Å². The number of aromatic nitrogens is 1. The van der Waals surface area contributed by atoms with Crippen LogP contribution in [0.5, 0.6) is 0 Å². The molecule has 0 fully saturated rings. The summed E-state index contributed by atoms with van der Waals surface area (Å²) in [6.07, 6.45) is 1.68. The second-order valence-corrected chi connectivity index (χ2v) is 3.78. The van der Waals surface area contributed by atoms with Crippen molar-refractivity contribution in [3.63, 3.8) is 0 Å². The first-order valence-electron chi connectivity index (χ1n) is 4.77. The molecule has 1 aromatic rings. The van der Waals surface area contributed by atoms with E-state index in [2.05, 4.69) is 20.4 Å². The molecule has 1 heterocycles. The minimum Gasteiger partial charge on any atom is -0.465 e. The van der Waals surface area contributed by atoms with E-state index in [9.17, 15) is 9.59 Å². The third-order valence-corrected chi connectivity index (χ3v) is 2.38. The molecule has 6 nitrogen and oxygen atoms in total. The number of esters is 1. The highest BCUT2D eigenvalue weighted by Gasteiger charge is 2.05. The number of amides is 2. The van der Waals surface area contributed by atoms with Gasteiger partial charge in [-0.25, -0.2) is 4.79 Å². The van der Waals surface area contributed by atoms with Gasteiger partial charge in [-0.3, -0.25) is 9.78 Å². The molecule has 2 amide bonds. The van der Waals surface area contributed by atoms with Gasteiger partial charge >= 0.3 is 12.0 Å². The van der Waals surface area contributed by atoms with E-state index in [0.29, 0.717) is 13.2 Å². The smallest absolute Gasteiger partial charge is 0.325 e. The van der Waals surface area contributed by atoms with Crippen LogP contribution in [0.4, 0.5) is 4.79 Å². The van der Waals surface area contributed by atoms with Crippen LogP contribution in [0, 0.1) is 0 Å². The Labute approximate surface area is 97.0 Å². The Morgan fingerprint density at radius 3 is 2.94 bits per heavy atom. The molecular weight excluding hydrogens is 230 g/mol. The quantitative estimate of drug-likeness (QED) is 0.738. The van der Waals surface area contributed by atoms with Crippen molar-refractivity contribution in [1.29, 1.82) is 0 Å². The van der Waals surface area contributed by atoms with Crippen molar-refractivity contribution in [2.45, 2.75) is 13.5 Å². The lowest BCUT2D eigenvalue weighted by atomic mass is 10.5. The Kier molecular flexibility index (Phi) is 5.27. The van der Waals surface area contributed by atoms with Gasteiger partial charge in [0, 0.05) is 11.1 Å². The molecule has 2 N–H and O–H groups in total. The van der Waals surface area contributed by atoms with Crippen LogP contribution in [-0.2, 0) is 16.1 Å². The first-order chi connectivity index (χ1) is 7.72. The Morgan fingerprint density at radius 2 is 2.31 bits per heavy atom. The first-order valence-corrected chi connectivity index (χ1v) is 5.65. The average Bonchev–Trinajstić information content (AvgIpc) is 2.77. The average molecular weight is 243 g/mol. The zero-order valence-corrected chi connectivity index (χ0v) is 9.67. The summed E-state index contributed by atoms with van der Waals surface area (Å²) in [6, 6.07) is -0.401. The van der Waals surface area contributed by atoms with Crippen molar-refractivity contribution in [2.24, 2.45) is 0 Å². The van der Waals surface area contributed by atoms with E-state index in [4.69, 9.17) is 0 Å². The van der Waals surface area contributed by atoms with Crippen LogP contribution >= 0.6 is 11.3 Å². The topological polar surface area (TPSA) is 80.3 Å². The van der Waals surface area contributed by atoms with E-state index < -0.39 is 12.0 Å². The van der Waals surface area contributed by atoms with Gasteiger partial charge in [-0.1, -0.05) is 0 Å². The first kappa shape index (κ1) is 12.4. The Balaban J connectivity index is 2.14. The van der Waals surface area contributed by atoms with Crippen molar-refractivity contribution in [3.8, 4) is 0 Å². The third-order valence-electron chi connectivity index (χ3n) is 1.61. The lowest BCUT2D eigenvalue weighted by Crippen LogP contribution is -2.38. The van der Waals surface area contributed by atoms with Gasteiger partial charge < -0.3 is 15.4 Å². The Hall–Kier alpha value is -1.63. The number of hydrogen-bond acceptors (Lipinski definition) is 5. The molecule has 0 radical (unpaired) electrons. The maximum atomic E-state index is 11.2. The summed E-state index contributed by atoms with van der Waals surface area (Å²) >= 11 is 1.45. The molecule has 1 aromatic heterocycles. The number of carbonyl (C=O) groups is 2. The van der Waals surface area contributed by atoms with E-state index in [1.165, 1.54) is 11.3 Å².